The Kier molecular flexibility index (Phi) is 7.71. The summed E-state index contributed by atoms with van der Waals surface area (Å²) in [5.41, 5.74) is 1.67. The van der Waals surface area contributed by atoms with Crippen LogP contribution in [-0.4, -0.2) is 35.2 Å². The van der Waals surface area contributed by atoms with E-state index in [-0.39, 0.29) is 28.4 Å². The third-order valence-corrected chi connectivity index (χ3v) is 4.84. The smallest absolute Gasteiger partial charge is 0.335 e. The fraction of sp³-hybridized carbons (Fsp3) is 0.440. The molecular formula is C25H32O6. The van der Waals surface area contributed by atoms with Crippen LogP contribution in [0.25, 0.3) is 0 Å². The van der Waals surface area contributed by atoms with Gasteiger partial charge in [0.25, 0.3) is 0 Å². The van der Waals surface area contributed by atoms with Gasteiger partial charge in [-0.3, -0.25) is 4.79 Å². The molecule has 0 aliphatic rings. The van der Waals surface area contributed by atoms with E-state index in [1.54, 1.807) is 38.1 Å². The Labute approximate surface area is 183 Å². The molecule has 2 N–H and O–H groups in total. The van der Waals surface area contributed by atoms with Gasteiger partial charge in [0.1, 0.15) is 17.2 Å². The third kappa shape index (κ3) is 6.74. The minimum absolute atomic E-state index is 0.0372. The highest BCUT2D eigenvalue weighted by Gasteiger charge is 2.22. The number of rotatable bonds is 9. The van der Waals surface area contributed by atoms with Gasteiger partial charge >= 0.3 is 5.97 Å². The Morgan fingerprint density at radius 1 is 1.00 bits per heavy atom. The summed E-state index contributed by atoms with van der Waals surface area (Å²) in [7, 11) is 0. The number of Topliss-reactive ketones (excluding diaryl/α,β-unsaturated/α-hetero) is 1. The van der Waals surface area contributed by atoms with Gasteiger partial charge in [-0.1, -0.05) is 27.7 Å². The van der Waals surface area contributed by atoms with Gasteiger partial charge in [0.2, 0.25) is 0 Å². The highest BCUT2D eigenvalue weighted by Crippen LogP contribution is 2.33. The van der Waals surface area contributed by atoms with E-state index in [1.165, 1.54) is 6.07 Å². The maximum Gasteiger partial charge on any atom is 0.335 e. The summed E-state index contributed by atoms with van der Waals surface area (Å²) in [4.78, 5) is 23.5. The number of aromatic hydroxyl groups is 1. The normalized spacial score (nSPS) is 12.3. The second kappa shape index (κ2) is 9.86. The van der Waals surface area contributed by atoms with Crippen LogP contribution in [0.2, 0.25) is 0 Å². The Balaban J connectivity index is 1.96. The van der Waals surface area contributed by atoms with Crippen molar-refractivity contribution in [1.82, 2.24) is 0 Å². The number of ether oxygens (including phenoxy) is 2. The highest BCUT2D eigenvalue weighted by atomic mass is 16.5. The molecule has 0 aliphatic heterocycles. The zero-order chi connectivity index (χ0) is 23.3. The zero-order valence-corrected chi connectivity index (χ0v) is 19.1. The lowest BCUT2D eigenvalue weighted by molar-refractivity contribution is 0.0696. The van der Waals surface area contributed by atoms with Crippen molar-refractivity contribution in [2.24, 2.45) is 11.3 Å². The summed E-state index contributed by atoms with van der Waals surface area (Å²) in [6, 6.07) is 8.07. The summed E-state index contributed by atoms with van der Waals surface area (Å²) < 4.78 is 11.7. The van der Waals surface area contributed by atoms with Crippen LogP contribution in [0.15, 0.2) is 30.3 Å². The molecule has 0 aromatic heterocycles. The van der Waals surface area contributed by atoms with Crippen LogP contribution in [0.1, 0.15) is 66.0 Å². The number of phenolic OH excluding ortho intramolecular Hbond substituents is 1. The number of benzene rings is 2. The minimum Gasteiger partial charge on any atom is -0.507 e. The fourth-order valence-corrected chi connectivity index (χ4v) is 3.10. The van der Waals surface area contributed by atoms with E-state index in [0.717, 1.165) is 5.56 Å². The number of phenols is 1. The van der Waals surface area contributed by atoms with E-state index in [9.17, 15) is 14.7 Å². The SMILES string of the molecule is Cc1cc(C(=O)O)ccc1OC[C@H](C)COc1ccc(C(=O)CC(C)(C)C)c(O)c1C. The quantitative estimate of drug-likeness (QED) is 0.518. The van der Waals surface area contributed by atoms with Gasteiger partial charge in [-0.25, -0.2) is 4.79 Å². The molecule has 0 unspecified atom stereocenters. The molecule has 0 saturated heterocycles. The van der Waals surface area contributed by atoms with Gasteiger partial charge in [-0.15, -0.1) is 0 Å². The van der Waals surface area contributed by atoms with E-state index < -0.39 is 5.97 Å². The summed E-state index contributed by atoms with van der Waals surface area (Å²) in [6.45, 7) is 12.2. The van der Waals surface area contributed by atoms with Crippen molar-refractivity contribution in [2.45, 2.75) is 48.0 Å². The first kappa shape index (κ1) is 24.3. The standard InChI is InChI=1S/C25H32O6/c1-15(13-30-21-9-7-18(24(28)29)11-16(21)2)14-31-22-10-8-19(23(27)17(22)3)20(26)12-25(4,5)6/h7-11,15,27H,12-14H2,1-6H3,(H,28,29)/t15-/m0/s1. The number of aryl methyl sites for hydroxylation is 1. The van der Waals surface area contributed by atoms with Gasteiger partial charge in [-0.05, 0) is 55.2 Å². The lowest BCUT2D eigenvalue weighted by Gasteiger charge is -2.19. The molecule has 168 valence electrons. The second-order valence-electron chi connectivity index (χ2n) is 9.26. The van der Waals surface area contributed by atoms with Gasteiger partial charge in [0.15, 0.2) is 5.78 Å². The van der Waals surface area contributed by atoms with E-state index in [2.05, 4.69) is 0 Å². The van der Waals surface area contributed by atoms with Crippen LogP contribution in [0, 0.1) is 25.2 Å². The van der Waals surface area contributed by atoms with E-state index in [1.807, 2.05) is 27.7 Å². The molecule has 0 aliphatic carbocycles. The largest absolute Gasteiger partial charge is 0.507 e. The lowest BCUT2D eigenvalue weighted by Crippen LogP contribution is -2.17. The van der Waals surface area contributed by atoms with E-state index in [0.29, 0.717) is 42.3 Å². The van der Waals surface area contributed by atoms with Gasteiger partial charge in [0.05, 0.1) is 24.3 Å². The van der Waals surface area contributed by atoms with Crippen molar-refractivity contribution in [3.8, 4) is 17.2 Å². The molecule has 31 heavy (non-hydrogen) atoms. The first-order valence-corrected chi connectivity index (χ1v) is 10.3. The Hall–Kier alpha value is -3.02. The molecule has 6 heteroatoms. The van der Waals surface area contributed by atoms with Crippen LogP contribution >= 0.6 is 0 Å². The minimum atomic E-state index is -0.971. The number of carboxylic acids is 1. The first-order chi connectivity index (χ1) is 14.4. The summed E-state index contributed by atoms with van der Waals surface area (Å²) in [6.07, 6.45) is 0.349. The third-order valence-electron chi connectivity index (χ3n) is 4.84. The molecule has 0 bridgehead atoms. The molecule has 0 saturated carbocycles. The van der Waals surface area contributed by atoms with E-state index in [4.69, 9.17) is 14.6 Å². The number of aromatic carboxylic acids is 1. The Morgan fingerprint density at radius 3 is 2.13 bits per heavy atom. The number of ketones is 1. The molecular weight excluding hydrogens is 396 g/mol. The average Bonchev–Trinajstić information content (AvgIpc) is 2.66. The first-order valence-electron chi connectivity index (χ1n) is 10.3. The van der Waals surface area contributed by atoms with Crippen molar-refractivity contribution in [2.75, 3.05) is 13.2 Å². The molecule has 2 aromatic carbocycles. The van der Waals surface area contributed by atoms with E-state index >= 15 is 0 Å². The summed E-state index contributed by atoms with van der Waals surface area (Å²) in [5, 5.41) is 19.5. The average molecular weight is 429 g/mol. The van der Waals surface area contributed by atoms with Crippen LogP contribution in [0.4, 0.5) is 0 Å². The van der Waals surface area contributed by atoms with Crippen molar-refractivity contribution < 1.29 is 29.3 Å². The fourth-order valence-electron chi connectivity index (χ4n) is 3.10. The van der Waals surface area contributed by atoms with Crippen LogP contribution in [0.3, 0.4) is 0 Å². The van der Waals surface area contributed by atoms with Crippen molar-refractivity contribution >= 4 is 11.8 Å². The molecule has 1 atom stereocenters. The maximum absolute atomic E-state index is 12.5. The maximum atomic E-state index is 12.5. The molecule has 2 rings (SSSR count). The number of carboxylic acid groups (broad SMARTS) is 1. The zero-order valence-electron chi connectivity index (χ0n) is 19.1. The molecule has 0 spiro atoms. The number of hydrogen-bond donors (Lipinski definition) is 2. The van der Waals surface area contributed by atoms with Crippen molar-refractivity contribution in [3.63, 3.8) is 0 Å². The lowest BCUT2D eigenvalue weighted by atomic mass is 9.87. The molecule has 2 aromatic rings. The molecule has 6 nitrogen and oxygen atoms in total. The molecule has 0 fully saturated rings. The number of hydrogen-bond acceptors (Lipinski definition) is 5. The van der Waals surface area contributed by atoms with Crippen LogP contribution < -0.4 is 9.47 Å². The number of carbonyl (C=O) groups excluding carboxylic acids is 1. The molecule has 0 heterocycles. The Bertz CT molecular complexity index is 955. The van der Waals surface area contributed by atoms with Crippen molar-refractivity contribution in [1.29, 1.82) is 0 Å². The topological polar surface area (TPSA) is 93.1 Å². The van der Waals surface area contributed by atoms with Gasteiger partial charge in [-0.2, -0.15) is 0 Å². The van der Waals surface area contributed by atoms with Gasteiger partial charge in [0, 0.05) is 17.9 Å². The summed E-state index contributed by atoms with van der Waals surface area (Å²) in [5.74, 6) is 0.102. The van der Waals surface area contributed by atoms with Crippen LogP contribution in [0.5, 0.6) is 17.2 Å². The van der Waals surface area contributed by atoms with Crippen molar-refractivity contribution in [3.05, 3.63) is 52.6 Å². The summed E-state index contributed by atoms with van der Waals surface area (Å²) >= 11 is 0. The van der Waals surface area contributed by atoms with Crippen LogP contribution in [-0.2, 0) is 0 Å². The monoisotopic (exact) mass is 428 g/mol. The second-order valence-corrected chi connectivity index (χ2v) is 9.26. The predicted octanol–water partition coefficient (Wildman–Crippen LogP) is 5.42. The highest BCUT2D eigenvalue weighted by molar-refractivity contribution is 5.99. The molecule has 0 radical (unpaired) electrons. The molecule has 0 amide bonds. The Morgan fingerprint density at radius 2 is 1.58 bits per heavy atom. The van der Waals surface area contributed by atoms with Gasteiger partial charge < -0.3 is 19.7 Å². The number of carbonyl (C=O) groups is 2. The predicted molar refractivity (Wildman–Crippen MR) is 120 cm³/mol.